The summed E-state index contributed by atoms with van der Waals surface area (Å²) >= 11 is 0. The van der Waals surface area contributed by atoms with Crippen LogP contribution in [-0.2, 0) is 16.2 Å². The van der Waals surface area contributed by atoms with Crippen LogP contribution in [-0.4, -0.2) is 30.8 Å². The topological polar surface area (TPSA) is 54.5 Å². The van der Waals surface area contributed by atoms with E-state index in [9.17, 15) is 26.4 Å². The number of hydrogen-bond acceptors (Lipinski definition) is 3. The quantitative estimate of drug-likeness (QED) is 0.740. The first-order valence-corrected chi connectivity index (χ1v) is 9.87. The van der Waals surface area contributed by atoms with Crippen LogP contribution in [0, 0.1) is 0 Å². The van der Waals surface area contributed by atoms with E-state index in [4.69, 9.17) is 0 Å². The minimum Gasteiger partial charge on any atom is -0.292 e. The summed E-state index contributed by atoms with van der Waals surface area (Å²) in [5.41, 5.74) is -0.111. The molecule has 27 heavy (non-hydrogen) atoms. The molecule has 2 atom stereocenters. The monoisotopic (exact) mass is 395 g/mol. The van der Waals surface area contributed by atoms with E-state index in [-0.39, 0.29) is 5.56 Å². The van der Waals surface area contributed by atoms with Crippen molar-refractivity contribution in [3.05, 3.63) is 83.6 Å². The van der Waals surface area contributed by atoms with Gasteiger partial charge in [0.15, 0.2) is 5.78 Å². The van der Waals surface area contributed by atoms with Crippen LogP contribution in [0.2, 0.25) is 0 Å². The van der Waals surface area contributed by atoms with Crippen LogP contribution in [0.5, 0.6) is 0 Å². The summed E-state index contributed by atoms with van der Waals surface area (Å²) in [6, 6.07) is 11.6. The Balaban J connectivity index is 1.99. The molecule has 0 fully saturated rings. The van der Waals surface area contributed by atoms with Gasteiger partial charge >= 0.3 is 6.18 Å². The van der Waals surface area contributed by atoms with Crippen molar-refractivity contribution in [2.45, 2.75) is 18.1 Å². The Labute approximate surface area is 155 Å². The first kappa shape index (κ1) is 19.2. The van der Waals surface area contributed by atoms with Crippen molar-refractivity contribution < 1.29 is 26.4 Å². The third-order valence-corrected chi connectivity index (χ3v) is 5.50. The van der Waals surface area contributed by atoms with E-state index in [0.717, 1.165) is 40.4 Å². The molecule has 0 aliphatic carbocycles. The molecule has 0 spiro atoms. The van der Waals surface area contributed by atoms with Crippen LogP contribution in [0.15, 0.2) is 66.9 Å². The van der Waals surface area contributed by atoms with E-state index in [1.54, 1.807) is 36.4 Å². The summed E-state index contributed by atoms with van der Waals surface area (Å²) in [5, 5.41) is 0. The van der Waals surface area contributed by atoms with Crippen LogP contribution in [0.25, 0.3) is 0 Å². The Morgan fingerprint density at radius 3 is 2.11 bits per heavy atom. The van der Waals surface area contributed by atoms with Gasteiger partial charge in [-0.05, 0) is 17.7 Å². The number of sulfonamides is 1. The van der Waals surface area contributed by atoms with Gasteiger partial charge in [-0.25, -0.2) is 8.42 Å². The van der Waals surface area contributed by atoms with Gasteiger partial charge in [0, 0.05) is 17.7 Å². The van der Waals surface area contributed by atoms with Crippen molar-refractivity contribution in [1.82, 2.24) is 4.31 Å². The van der Waals surface area contributed by atoms with Crippen LogP contribution in [0.4, 0.5) is 13.2 Å². The Kier molecular flexibility index (Phi) is 4.86. The number of carbonyl (C=O) groups is 1. The van der Waals surface area contributed by atoms with Crippen LogP contribution in [0.1, 0.15) is 27.4 Å². The van der Waals surface area contributed by atoms with Gasteiger partial charge in [0.05, 0.1) is 11.8 Å². The molecule has 4 nitrogen and oxygen atoms in total. The number of carbonyl (C=O) groups excluding carboxylic acids is 1. The summed E-state index contributed by atoms with van der Waals surface area (Å²) in [6.07, 6.45) is -0.581. The van der Waals surface area contributed by atoms with Crippen LogP contribution >= 0.6 is 0 Å². The average Bonchev–Trinajstić information content (AvgIpc) is 3.06. The number of Topliss-reactive ketones (excluding diaryl/α,β-unsaturated/α-hetero) is 1. The second-order valence-electron chi connectivity index (χ2n) is 6.26. The number of ketones is 1. The van der Waals surface area contributed by atoms with Crippen molar-refractivity contribution in [1.29, 1.82) is 0 Å². The smallest absolute Gasteiger partial charge is 0.292 e. The largest absolute Gasteiger partial charge is 0.416 e. The van der Waals surface area contributed by atoms with Crippen molar-refractivity contribution in [3.8, 4) is 0 Å². The van der Waals surface area contributed by atoms with E-state index in [1.165, 1.54) is 6.20 Å². The Bertz CT molecular complexity index is 968. The molecular formula is C19H16F3NO3S. The van der Waals surface area contributed by atoms with Gasteiger partial charge in [-0.3, -0.25) is 9.10 Å². The Morgan fingerprint density at radius 2 is 1.59 bits per heavy atom. The van der Waals surface area contributed by atoms with E-state index in [1.807, 2.05) is 0 Å². The molecule has 0 N–H and O–H groups in total. The molecule has 2 aromatic carbocycles. The van der Waals surface area contributed by atoms with E-state index in [0.29, 0.717) is 0 Å². The Hall–Kier alpha value is -2.61. The summed E-state index contributed by atoms with van der Waals surface area (Å²) < 4.78 is 63.4. The maximum atomic E-state index is 13.0. The zero-order valence-electron chi connectivity index (χ0n) is 14.2. The third kappa shape index (κ3) is 3.90. The molecule has 1 aliphatic heterocycles. The molecule has 0 bridgehead atoms. The number of alkyl halides is 3. The van der Waals surface area contributed by atoms with Crippen molar-refractivity contribution in [2.75, 3.05) is 6.26 Å². The molecular weight excluding hydrogens is 379 g/mol. The maximum Gasteiger partial charge on any atom is 0.416 e. The lowest BCUT2D eigenvalue weighted by molar-refractivity contribution is -0.137. The number of nitrogens with zero attached hydrogens (tertiary/aromatic N) is 1. The van der Waals surface area contributed by atoms with Crippen molar-refractivity contribution in [2.24, 2.45) is 0 Å². The fourth-order valence-corrected chi connectivity index (χ4v) is 4.02. The SMILES string of the molecule is CS(=O)(=O)N1C=C[C@@H](c2ccccc2)[C@@H]1C(=O)c1ccc(C(F)(F)F)cc1. The highest BCUT2D eigenvalue weighted by atomic mass is 32.2. The first-order valence-electron chi connectivity index (χ1n) is 8.02. The average molecular weight is 395 g/mol. The van der Waals surface area contributed by atoms with Gasteiger partial charge in [0.25, 0.3) is 0 Å². The minimum atomic E-state index is -4.51. The summed E-state index contributed by atoms with van der Waals surface area (Å²) in [4.78, 5) is 13.0. The fourth-order valence-electron chi connectivity index (χ4n) is 3.09. The fraction of sp³-hybridized carbons (Fsp3) is 0.211. The highest BCUT2D eigenvalue weighted by Crippen LogP contribution is 2.35. The van der Waals surface area contributed by atoms with Crippen molar-refractivity contribution >= 4 is 15.8 Å². The highest BCUT2D eigenvalue weighted by Gasteiger charge is 2.41. The lowest BCUT2D eigenvalue weighted by atomic mass is 9.88. The lowest BCUT2D eigenvalue weighted by Gasteiger charge is -2.27. The lowest BCUT2D eigenvalue weighted by Crippen LogP contribution is -2.41. The van der Waals surface area contributed by atoms with Crippen LogP contribution < -0.4 is 0 Å². The predicted molar refractivity (Wildman–Crippen MR) is 94.6 cm³/mol. The molecule has 0 saturated carbocycles. The standard InChI is InChI=1S/C19H16F3NO3S/c1-27(25,26)23-12-11-16(13-5-3-2-4-6-13)17(23)18(24)14-7-9-15(10-8-14)19(20,21)22/h2-12,16-17H,1H3/t16-,17+/m0/s1. The normalized spacial score (nSPS) is 20.1. The molecule has 1 heterocycles. The number of rotatable bonds is 4. The minimum absolute atomic E-state index is 0.0197. The van der Waals surface area contributed by atoms with Gasteiger partial charge < -0.3 is 0 Å². The van der Waals surface area contributed by atoms with E-state index < -0.39 is 39.5 Å². The molecule has 0 unspecified atom stereocenters. The molecule has 1 aliphatic rings. The summed E-state index contributed by atoms with van der Waals surface area (Å²) in [6.45, 7) is 0. The van der Waals surface area contributed by atoms with Gasteiger partial charge in [0.2, 0.25) is 10.0 Å². The second-order valence-corrected chi connectivity index (χ2v) is 8.14. The van der Waals surface area contributed by atoms with Gasteiger partial charge in [-0.15, -0.1) is 0 Å². The Morgan fingerprint density at radius 1 is 1.00 bits per heavy atom. The molecule has 142 valence electrons. The van der Waals surface area contributed by atoms with E-state index in [2.05, 4.69) is 0 Å². The van der Waals surface area contributed by atoms with Crippen molar-refractivity contribution in [3.63, 3.8) is 0 Å². The number of hydrogen-bond donors (Lipinski definition) is 0. The summed E-state index contributed by atoms with van der Waals surface area (Å²) in [7, 11) is -3.73. The molecule has 0 amide bonds. The van der Waals surface area contributed by atoms with Crippen LogP contribution in [0.3, 0.4) is 0 Å². The second kappa shape index (κ2) is 6.84. The zero-order valence-corrected chi connectivity index (χ0v) is 15.0. The van der Waals surface area contributed by atoms with Gasteiger partial charge in [-0.1, -0.05) is 48.5 Å². The molecule has 0 radical (unpaired) electrons. The zero-order chi connectivity index (χ0) is 19.8. The van der Waals surface area contributed by atoms with E-state index >= 15 is 0 Å². The molecule has 0 saturated heterocycles. The molecule has 0 aromatic heterocycles. The first-order chi connectivity index (χ1) is 12.6. The maximum absolute atomic E-state index is 13.0. The number of benzene rings is 2. The highest BCUT2D eigenvalue weighted by molar-refractivity contribution is 7.88. The number of halogens is 3. The predicted octanol–water partition coefficient (Wildman–Crippen LogP) is 3.83. The van der Waals surface area contributed by atoms with Gasteiger partial charge in [-0.2, -0.15) is 13.2 Å². The molecule has 8 heteroatoms. The summed E-state index contributed by atoms with van der Waals surface area (Å²) in [5.74, 6) is -1.09. The third-order valence-electron chi connectivity index (χ3n) is 4.39. The molecule has 3 rings (SSSR count). The van der Waals surface area contributed by atoms with Gasteiger partial charge in [0.1, 0.15) is 6.04 Å². The molecule has 2 aromatic rings.